The second-order valence-corrected chi connectivity index (χ2v) is 26.8. The zero-order valence-corrected chi connectivity index (χ0v) is 54.8. The number of likely N-dealkylation sites (N-methyl/N-ethyl adjacent to an activating group) is 1. The summed E-state index contributed by atoms with van der Waals surface area (Å²) in [5, 5.41) is 3.05. The molecule has 0 bridgehead atoms. The molecule has 9 nitrogen and oxygen atoms in total. The van der Waals surface area contributed by atoms with Crippen molar-refractivity contribution in [3.8, 4) is 0 Å². The van der Waals surface area contributed by atoms with Gasteiger partial charge in [-0.25, -0.2) is 0 Å². The number of esters is 1. The molecule has 1 amide bonds. The maximum absolute atomic E-state index is 13.6. The van der Waals surface area contributed by atoms with Gasteiger partial charge in [-0.05, 0) is 31.8 Å². The van der Waals surface area contributed by atoms with Crippen molar-refractivity contribution in [2.24, 2.45) is 0 Å². The molecule has 0 saturated carbocycles. The molecule has 0 aromatic heterocycles. The number of ether oxygens (including phenoxy) is 1. The van der Waals surface area contributed by atoms with Crippen molar-refractivity contribution in [2.75, 3.05) is 40.9 Å². The van der Waals surface area contributed by atoms with Crippen molar-refractivity contribution in [1.82, 2.24) is 5.32 Å². The monoisotopic (exact) mass is 1140 g/mol. The van der Waals surface area contributed by atoms with Crippen molar-refractivity contribution in [2.45, 2.75) is 380 Å². The summed E-state index contributed by atoms with van der Waals surface area (Å²) in [5.41, 5.74) is 0. The van der Waals surface area contributed by atoms with Crippen LogP contribution < -0.4 is 10.2 Å². The Kier molecular flexibility index (Phi) is 58.9. The number of unbranched alkanes of at least 4 members (excludes halogenated alkanes) is 49. The molecular formula is C69H137N2O7P. The van der Waals surface area contributed by atoms with E-state index in [0.717, 1.165) is 57.8 Å². The normalized spacial score (nSPS) is 13.6. The van der Waals surface area contributed by atoms with Crippen molar-refractivity contribution in [1.29, 1.82) is 0 Å². The molecule has 0 rings (SSSR count). The third-order valence-electron chi connectivity index (χ3n) is 16.2. The molecule has 0 aliphatic heterocycles. The SMILES string of the molecule is CCCCCCCCCCCCC/C=C/C(OC(=O)CCCCCCCCCCCCCCCCCCCCC)C(COP(=O)([O-])OCC[N+](C)(C)C)NC(=O)CCCCCCCCCCCCCCCCCCCCCCC. The van der Waals surface area contributed by atoms with Gasteiger partial charge in [0.05, 0.1) is 33.8 Å². The van der Waals surface area contributed by atoms with Gasteiger partial charge in [-0.15, -0.1) is 0 Å². The summed E-state index contributed by atoms with van der Waals surface area (Å²) < 4.78 is 30.5. The van der Waals surface area contributed by atoms with Crippen LogP contribution in [0.5, 0.6) is 0 Å². The van der Waals surface area contributed by atoms with Crippen molar-refractivity contribution in [3.63, 3.8) is 0 Å². The van der Waals surface area contributed by atoms with Gasteiger partial charge >= 0.3 is 5.97 Å². The number of hydrogen-bond donors (Lipinski definition) is 1. The molecule has 0 saturated heterocycles. The number of phosphoric ester groups is 1. The van der Waals surface area contributed by atoms with E-state index in [0.29, 0.717) is 17.4 Å². The van der Waals surface area contributed by atoms with Crippen molar-refractivity contribution >= 4 is 19.7 Å². The quantitative estimate of drug-likeness (QED) is 0.0212. The standard InChI is InChI=1S/C69H137N2O7P/c1-7-10-13-16-19-22-25-28-30-32-34-35-37-38-40-43-46-49-52-55-58-61-68(72)70-66(65-77-79(74,75)76-64-63-71(4,5)6)67(60-57-54-51-48-45-42-27-24-21-18-15-12-9-3)78-69(73)62-59-56-53-50-47-44-41-39-36-33-31-29-26-23-20-17-14-11-8-2/h57,60,66-67H,7-56,58-59,61-65H2,1-6H3,(H-,70,72,74,75)/b60-57+. The number of phosphoric acid groups is 1. The lowest BCUT2D eigenvalue weighted by Crippen LogP contribution is -2.47. The second-order valence-electron chi connectivity index (χ2n) is 25.4. The number of amides is 1. The Balaban J connectivity index is 5.10. The third kappa shape index (κ3) is 61.1. The fraction of sp³-hybridized carbons (Fsp3) is 0.942. The average molecular weight is 1140 g/mol. The van der Waals surface area contributed by atoms with E-state index in [1.165, 1.54) is 276 Å². The maximum Gasteiger partial charge on any atom is 0.306 e. The fourth-order valence-electron chi connectivity index (χ4n) is 10.8. The van der Waals surface area contributed by atoms with E-state index in [-0.39, 0.29) is 31.5 Å². The highest BCUT2D eigenvalue weighted by Crippen LogP contribution is 2.38. The first-order valence-electron chi connectivity index (χ1n) is 35.0. The molecule has 470 valence electrons. The molecule has 0 heterocycles. The summed E-state index contributed by atoms with van der Waals surface area (Å²) in [6.07, 6.45) is 70.4. The summed E-state index contributed by atoms with van der Waals surface area (Å²) in [6, 6.07) is -0.880. The average Bonchev–Trinajstić information content (AvgIpc) is 3.41. The molecule has 3 atom stereocenters. The predicted octanol–water partition coefficient (Wildman–Crippen LogP) is 21.3. The van der Waals surface area contributed by atoms with Crippen molar-refractivity contribution < 1.29 is 37.3 Å². The van der Waals surface area contributed by atoms with Gasteiger partial charge in [0.15, 0.2) is 0 Å². The fourth-order valence-corrected chi connectivity index (χ4v) is 11.5. The maximum atomic E-state index is 13.6. The smallest absolute Gasteiger partial charge is 0.306 e. The number of carbonyl (C=O) groups excluding carboxylic acids is 2. The molecule has 3 unspecified atom stereocenters. The van der Waals surface area contributed by atoms with Crippen LogP contribution in [0.4, 0.5) is 0 Å². The molecule has 1 N–H and O–H groups in total. The van der Waals surface area contributed by atoms with E-state index in [1.807, 2.05) is 33.3 Å². The highest BCUT2D eigenvalue weighted by molar-refractivity contribution is 7.45. The summed E-state index contributed by atoms with van der Waals surface area (Å²) in [5.74, 6) is -0.513. The van der Waals surface area contributed by atoms with E-state index in [2.05, 4.69) is 26.1 Å². The molecule has 0 aromatic rings. The largest absolute Gasteiger partial charge is 0.756 e. The van der Waals surface area contributed by atoms with E-state index in [4.69, 9.17) is 13.8 Å². The first-order chi connectivity index (χ1) is 38.4. The number of carbonyl (C=O) groups is 2. The van der Waals surface area contributed by atoms with E-state index >= 15 is 0 Å². The van der Waals surface area contributed by atoms with Gasteiger partial charge in [-0.1, -0.05) is 335 Å². The Hall–Kier alpha value is -1.25. The van der Waals surface area contributed by atoms with Crippen LogP contribution in [0.25, 0.3) is 0 Å². The minimum Gasteiger partial charge on any atom is -0.756 e. The van der Waals surface area contributed by atoms with Crippen LogP contribution in [-0.2, 0) is 27.9 Å². The highest BCUT2D eigenvalue weighted by atomic mass is 31.2. The molecule has 0 spiro atoms. The molecule has 0 aliphatic carbocycles. The van der Waals surface area contributed by atoms with Crippen LogP contribution in [0.3, 0.4) is 0 Å². The van der Waals surface area contributed by atoms with E-state index in [9.17, 15) is 19.0 Å². The van der Waals surface area contributed by atoms with Gasteiger partial charge < -0.3 is 28.5 Å². The topological polar surface area (TPSA) is 114 Å². The molecular weight excluding hydrogens is 1000 g/mol. The van der Waals surface area contributed by atoms with E-state index in [1.54, 1.807) is 0 Å². The van der Waals surface area contributed by atoms with E-state index < -0.39 is 20.0 Å². The van der Waals surface area contributed by atoms with Crippen LogP contribution in [0.2, 0.25) is 0 Å². The second kappa shape index (κ2) is 59.9. The van der Waals surface area contributed by atoms with Crippen LogP contribution in [-0.4, -0.2) is 69.4 Å². The Morgan fingerprint density at radius 1 is 0.430 bits per heavy atom. The van der Waals surface area contributed by atoms with Crippen molar-refractivity contribution in [3.05, 3.63) is 12.2 Å². The molecule has 0 radical (unpaired) electrons. The predicted molar refractivity (Wildman–Crippen MR) is 340 cm³/mol. The Morgan fingerprint density at radius 3 is 1.04 bits per heavy atom. The Bertz CT molecular complexity index is 1360. The first-order valence-corrected chi connectivity index (χ1v) is 36.5. The highest BCUT2D eigenvalue weighted by Gasteiger charge is 2.27. The summed E-state index contributed by atoms with van der Waals surface area (Å²) >= 11 is 0. The van der Waals surface area contributed by atoms with Gasteiger partial charge in [0.2, 0.25) is 5.91 Å². The molecule has 0 aliphatic rings. The summed E-state index contributed by atoms with van der Waals surface area (Å²) in [7, 11) is 1.21. The molecule has 79 heavy (non-hydrogen) atoms. The zero-order valence-electron chi connectivity index (χ0n) is 53.9. The number of nitrogens with zero attached hydrogens (tertiary/aromatic N) is 1. The Labute approximate surface area is 492 Å². The molecule has 0 fully saturated rings. The number of allylic oxidation sites excluding steroid dienone is 1. The minimum atomic E-state index is -4.70. The van der Waals surface area contributed by atoms with Gasteiger partial charge in [-0.2, -0.15) is 0 Å². The van der Waals surface area contributed by atoms with Crippen LogP contribution in [0.15, 0.2) is 12.2 Å². The lowest BCUT2D eigenvalue weighted by molar-refractivity contribution is -0.870. The van der Waals surface area contributed by atoms with Gasteiger partial charge in [0.1, 0.15) is 19.3 Å². The molecule has 10 heteroatoms. The number of quaternary nitrogens is 1. The lowest BCUT2D eigenvalue weighted by Gasteiger charge is -2.30. The summed E-state index contributed by atoms with van der Waals surface area (Å²) in [6.45, 7) is 6.93. The minimum absolute atomic E-state index is 0.0164. The number of hydrogen-bond acceptors (Lipinski definition) is 7. The van der Waals surface area contributed by atoms with Crippen LogP contribution in [0.1, 0.15) is 367 Å². The van der Waals surface area contributed by atoms with Gasteiger partial charge in [0.25, 0.3) is 7.82 Å². The number of nitrogens with one attached hydrogen (secondary N) is 1. The van der Waals surface area contributed by atoms with Crippen LogP contribution in [0, 0.1) is 0 Å². The zero-order chi connectivity index (χ0) is 57.9. The third-order valence-corrected chi connectivity index (χ3v) is 17.2. The van der Waals surface area contributed by atoms with Gasteiger partial charge in [-0.3, -0.25) is 14.2 Å². The van der Waals surface area contributed by atoms with Gasteiger partial charge in [0, 0.05) is 12.8 Å². The molecule has 0 aromatic carbocycles. The Morgan fingerprint density at radius 2 is 0.722 bits per heavy atom. The lowest BCUT2D eigenvalue weighted by atomic mass is 10.0. The first kappa shape index (κ1) is 77.8. The number of rotatable bonds is 65. The summed E-state index contributed by atoms with van der Waals surface area (Å²) in [4.78, 5) is 40.2. The van der Waals surface area contributed by atoms with Crippen LogP contribution >= 0.6 is 7.82 Å².